The molecule has 0 radical (unpaired) electrons. The van der Waals surface area contributed by atoms with Gasteiger partial charge in [0.05, 0.1) is 18.1 Å². The van der Waals surface area contributed by atoms with Gasteiger partial charge < -0.3 is 5.32 Å². The number of amides is 1. The molecule has 5 rings (SSSR count). The van der Waals surface area contributed by atoms with E-state index in [-0.39, 0.29) is 11.9 Å². The predicted octanol–water partition coefficient (Wildman–Crippen LogP) is 3.48. The van der Waals surface area contributed by atoms with Crippen LogP contribution < -0.4 is 5.32 Å². The molecule has 0 spiro atoms. The highest BCUT2D eigenvalue weighted by atomic mass is 16.1. The van der Waals surface area contributed by atoms with E-state index < -0.39 is 0 Å². The van der Waals surface area contributed by atoms with Crippen LogP contribution in [0.4, 0.5) is 0 Å². The third kappa shape index (κ3) is 2.94. The van der Waals surface area contributed by atoms with Gasteiger partial charge in [0.2, 0.25) is 0 Å². The second kappa shape index (κ2) is 6.97. The van der Waals surface area contributed by atoms with Crippen molar-refractivity contribution in [2.75, 3.05) is 0 Å². The van der Waals surface area contributed by atoms with Gasteiger partial charge in [-0.05, 0) is 63.9 Å². The second-order valence-electron chi connectivity index (χ2n) is 8.68. The molecule has 29 heavy (non-hydrogen) atoms. The Morgan fingerprint density at radius 2 is 2.14 bits per heavy atom. The molecule has 3 aromatic rings. The summed E-state index contributed by atoms with van der Waals surface area (Å²) in [6.45, 7) is 7.08. The predicted molar refractivity (Wildman–Crippen MR) is 110 cm³/mol. The minimum absolute atomic E-state index is 0.0825. The minimum Gasteiger partial charge on any atom is -0.349 e. The van der Waals surface area contributed by atoms with Crippen molar-refractivity contribution in [1.29, 1.82) is 0 Å². The van der Waals surface area contributed by atoms with Crippen molar-refractivity contribution in [2.24, 2.45) is 17.8 Å². The first-order chi connectivity index (χ1) is 14.1. The van der Waals surface area contributed by atoms with Crippen LogP contribution in [-0.2, 0) is 6.54 Å². The van der Waals surface area contributed by atoms with Crippen LogP contribution in [0.1, 0.15) is 55.6 Å². The molecular formula is C22H28N6O. The van der Waals surface area contributed by atoms with Crippen LogP contribution in [-0.4, -0.2) is 36.3 Å². The van der Waals surface area contributed by atoms with E-state index >= 15 is 0 Å². The Bertz CT molecular complexity index is 1070. The lowest BCUT2D eigenvalue weighted by Crippen LogP contribution is -2.40. The molecule has 2 bridgehead atoms. The number of hydrogen-bond acceptors (Lipinski definition) is 4. The van der Waals surface area contributed by atoms with Gasteiger partial charge in [-0.25, -0.2) is 9.50 Å². The van der Waals surface area contributed by atoms with Gasteiger partial charge in [0.25, 0.3) is 5.91 Å². The number of nitrogens with one attached hydrogen (secondary N) is 1. The molecule has 0 aromatic carbocycles. The second-order valence-corrected chi connectivity index (χ2v) is 8.68. The Balaban J connectivity index is 1.42. The topological polar surface area (TPSA) is 77.1 Å². The Hall–Kier alpha value is -2.70. The van der Waals surface area contributed by atoms with E-state index in [1.54, 1.807) is 16.9 Å². The molecule has 2 fully saturated rings. The number of aromatic nitrogens is 5. The van der Waals surface area contributed by atoms with Crippen molar-refractivity contribution in [3.05, 3.63) is 35.9 Å². The zero-order chi connectivity index (χ0) is 20.1. The molecule has 0 aliphatic heterocycles. The maximum absolute atomic E-state index is 13.0. The molecule has 2 aliphatic carbocycles. The smallest absolute Gasteiger partial charge is 0.256 e. The van der Waals surface area contributed by atoms with Gasteiger partial charge in [-0.2, -0.15) is 10.2 Å². The van der Waals surface area contributed by atoms with Gasteiger partial charge in [0, 0.05) is 30.0 Å². The van der Waals surface area contributed by atoms with Crippen molar-refractivity contribution >= 4 is 11.6 Å². The maximum Gasteiger partial charge on any atom is 0.256 e. The van der Waals surface area contributed by atoms with E-state index in [1.165, 1.54) is 25.7 Å². The SMILES string of the molecule is CCn1ncc(-c2ccnc3c(C(=O)N[C@H](C)[C@H]4C[C@H]5CC[C@H]4C5)cnn23)c1C. The van der Waals surface area contributed by atoms with Gasteiger partial charge in [0.15, 0.2) is 5.65 Å². The highest BCUT2D eigenvalue weighted by Gasteiger charge is 2.42. The maximum atomic E-state index is 13.0. The summed E-state index contributed by atoms with van der Waals surface area (Å²) in [5.74, 6) is 2.17. The van der Waals surface area contributed by atoms with Gasteiger partial charge in [-0.1, -0.05) is 6.42 Å². The van der Waals surface area contributed by atoms with Gasteiger partial charge in [-0.15, -0.1) is 0 Å². The normalized spacial score (nSPS) is 24.3. The van der Waals surface area contributed by atoms with E-state index in [0.29, 0.717) is 17.1 Å². The lowest BCUT2D eigenvalue weighted by molar-refractivity contribution is 0.0917. The molecule has 3 heterocycles. The van der Waals surface area contributed by atoms with E-state index in [0.717, 1.165) is 35.3 Å². The van der Waals surface area contributed by atoms with Crippen LogP contribution in [0.2, 0.25) is 0 Å². The highest BCUT2D eigenvalue weighted by Crippen LogP contribution is 2.49. The number of rotatable bonds is 5. The summed E-state index contributed by atoms with van der Waals surface area (Å²) >= 11 is 0. The first-order valence-electron chi connectivity index (χ1n) is 10.7. The van der Waals surface area contributed by atoms with Gasteiger partial charge in [0.1, 0.15) is 5.56 Å². The summed E-state index contributed by atoms with van der Waals surface area (Å²) in [6, 6.07) is 2.10. The molecule has 3 aromatic heterocycles. The van der Waals surface area contributed by atoms with E-state index in [1.807, 2.05) is 23.9 Å². The standard InChI is InChI=1S/C22H28N6O/c1-4-27-14(3)18(11-24-27)20-7-8-23-21-19(12-25-28(20)21)22(29)26-13(2)17-10-15-5-6-16(17)9-15/h7-8,11-13,15-17H,4-6,9-10H2,1-3H3,(H,26,29)/t13-,15+,16+,17-/m1/s1. The largest absolute Gasteiger partial charge is 0.349 e. The van der Waals surface area contributed by atoms with Crippen LogP contribution in [0, 0.1) is 24.7 Å². The van der Waals surface area contributed by atoms with Crippen LogP contribution in [0.3, 0.4) is 0 Å². The summed E-state index contributed by atoms with van der Waals surface area (Å²) in [5.41, 5.74) is 4.09. The fourth-order valence-electron chi connectivity index (χ4n) is 5.57. The molecule has 0 unspecified atom stereocenters. The minimum atomic E-state index is -0.0825. The molecular weight excluding hydrogens is 364 g/mol. The molecule has 7 nitrogen and oxygen atoms in total. The van der Waals surface area contributed by atoms with E-state index in [4.69, 9.17) is 0 Å². The molecule has 2 aliphatic rings. The summed E-state index contributed by atoms with van der Waals surface area (Å²) < 4.78 is 3.71. The number of carbonyl (C=O) groups is 1. The quantitative estimate of drug-likeness (QED) is 0.721. The molecule has 1 amide bonds. The lowest BCUT2D eigenvalue weighted by Gasteiger charge is -2.28. The number of carbonyl (C=O) groups excluding carboxylic acids is 1. The van der Waals surface area contributed by atoms with Crippen molar-refractivity contribution in [3.8, 4) is 11.3 Å². The first kappa shape index (κ1) is 18.3. The number of hydrogen-bond donors (Lipinski definition) is 1. The number of fused-ring (bicyclic) bond motifs is 3. The number of aryl methyl sites for hydroxylation is 1. The molecule has 0 saturated heterocycles. The van der Waals surface area contributed by atoms with Gasteiger partial charge in [-0.3, -0.25) is 9.48 Å². The van der Waals surface area contributed by atoms with Crippen LogP contribution >= 0.6 is 0 Å². The van der Waals surface area contributed by atoms with E-state index in [2.05, 4.69) is 34.3 Å². The zero-order valence-electron chi connectivity index (χ0n) is 17.3. The third-order valence-electron chi connectivity index (χ3n) is 7.12. The Labute approximate surface area is 170 Å². The van der Waals surface area contributed by atoms with Crippen molar-refractivity contribution in [3.63, 3.8) is 0 Å². The van der Waals surface area contributed by atoms with Crippen molar-refractivity contribution in [2.45, 2.75) is 59.0 Å². The fraction of sp³-hybridized carbons (Fsp3) is 0.545. The lowest BCUT2D eigenvalue weighted by atomic mass is 9.84. The summed E-state index contributed by atoms with van der Waals surface area (Å²) in [7, 11) is 0. The van der Waals surface area contributed by atoms with Crippen LogP contribution in [0.15, 0.2) is 24.7 Å². The summed E-state index contributed by atoms with van der Waals surface area (Å²) in [5, 5.41) is 12.2. The molecule has 4 atom stereocenters. The Morgan fingerprint density at radius 3 is 2.83 bits per heavy atom. The summed E-state index contributed by atoms with van der Waals surface area (Å²) in [6.07, 6.45) is 10.5. The number of nitrogens with zero attached hydrogens (tertiary/aromatic N) is 5. The zero-order valence-corrected chi connectivity index (χ0v) is 17.3. The van der Waals surface area contributed by atoms with Crippen molar-refractivity contribution in [1.82, 2.24) is 29.7 Å². The monoisotopic (exact) mass is 392 g/mol. The Morgan fingerprint density at radius 1 is 1.28 bits per heavy atom. The fourth-order valence-corrected chi connectivity index (χ4v) is 5.57. The van der Waals surface area contributed by atoms with Crippen LogP contribution in [0.5, 0.6) is 0 Å². The van der Waals surface area contributed by atoms with Crippen LogP contribution in [0.25, 0.3) is 16.9 Å². The molecule has 152 valence electrons. The molecule has 7 heteroatoms. The third-order valence-corrected chi connectivity index (χ3v) is 7.12. The average Bonchev–Trinajstić information content (AvgIpc) is 3.50. The van der Waals surface area contributed by atoms with E-state index in [9.17, 15) is 4.79 Å². The summed E-state index contributed by atoms with van der Waals surface area (Å²) in [4.78, 5) is 17.5. The first-order valence-corrected chi connectivity index (χ1v) is 10.7. The van der Waals surface area contributed by atoms with Crippen molar-refractivity contribution < 1.29 is 4.79 Å². The average molecular weight is 393 g/mol. The highest BCUT2D eigenvalue weighted by molar-refractivity contribution is 6.00. The molecule has 1 N–H and O–H groups in total. The molecule has 2 saturated carbocycles. The Kier molecular flexibility index (Phi) is 4.41. The van der Waals surface area contributed by atoms with Gasteiger partial charge >= 0.3 is 0 Å².